The van der Waals surface area contributed by atoms with Crippen LogP contribution in [0.15, 0.2) is 58.9 Å². The number of pyridine rings is 1. The van der Waals surface area contributed by atoms with Crippen molar-refractivity contribution in [1.82, 2.24) is 14.5 Å². The van der Waals surface area contributed by atoms with Gasteiger partial charge in [0.25, 0.3) is 0 Å². The summed E-state index contributed by atoms with van der Waals surface area (Å²) in [7, 11) is 0. The van der Waals surface area contributed by atoms with Crippen LogP contribution in [0.2, 0.25) is 0 Å². The number of amides is 1. The van der Waals surface area contributed by atoms with Gasteiger partial charge in [-0.25, -0.2) is 0 Å². The van der Waals surface area contributed by atoms with Crippen molar-refractivity contribution in [2.24, 2.45) is 10.2 Å². The number of carbonyl (C=O) groups excluding carboxylic acids is 1. The van der Waals surface area contributed by atoms with E-state index in [0.29, 0.717) is 19.9 Å². The molecule has 3 aromatic rings. The lowest BCUT2D eigenvalue weighted by atomic mass is 10.2. The number of morpholine rings is 1. The van der Waals surface area contributed by atoms with Crippen molar-refractivity contribution < 1.29 is 14.6 Å². The van der Waals surface area contributed by atoms with Gasteiger partial charge in [-0.15, -0.1) is 10.2 Å². The number of benzene rings is 1. The third kappa shape index (κ3) is 3.57. The van der Waals surface area contributed by atoms with Crippen LogP contribution in [0.3, 0.4) is 0 Å². The molecule has 1 amide bonds. The highest BCUT2D eigenvalue weighted by Gasteiger charge is 2.20. The number of hydrogen-bond acceptors (Lipinski definition) is 6. The van der Waals surface area contributed by atoms with Crippen LogP contribution in [0, 0.1) is 0 Å². The Balaban J connectivity index is 1.67. The number of aromatic nitrogens is 2. The second kappa shape index (κ2) is 7.65. The second-order valence-corrected chi connectivity index (χ2v) is 6.21. The van der Waals surface area contributed by atoms with Gasteiger partial charge in [-0.1, -0.05) is 24.3 Å². The lowest BCUT2D eigenvalue weighted by Crippen LogP contribution is -2.37. The van der Waals surface area contributed by atoms with Crippen LogP contribution in [0.4, 0.5) is 5.69 Å². The van der Waals surface area contributed by atoms with E-state index in [4.69, 9.17) is 4.74 Å². The van der Waals surface area contributed by atoms with Crippen LogP contribution in [0.1, 0.15) is 10.5 Å². The topological polar surface area (TPSA) is 92.3 Å². The molecular weight excluding hydrogens is 346 g/mol. The molecule has 3 heterocycles. The molecular formula is C19H19N5O3. The maximum Gasteiger partial charge on any atom is 0.313 e. The van der Waals surface area contributed by atoms with Crippen LogP contribution in [0.5, 0.6) is 5.88 Å². The normalized spacial score (nSPS) is 15.6. The van der Waals surface area contributed by atoms with Gasteiger partial charge in [0.2, 0.25) is 5.88 Å². The maximum atomic E-state index is 12.2. The Morgan fingerprint density at radius 3 is 2.70 bits per heavy atom. The number of fused-ring (bicyclic) bond motifs is 1. The van der Waals surface area contributed by atoms with Gasteiger partial charge in [0, 0.05) is 24.7 Å². The molecule has 27 heavy (non-hydrogen) atoms. The number of azo groups is 1. The van der Waals surface area contributed by atoms with E-state index >= 15 is 0 Å². The van der Waals surface area contributed by atoms with Crippen molar-refractivity contribution in [3.8, 4) is 5.88 Å². The smallest absolute Gasteiger partial charge is 0.313 e. The van der Waals surface area contributed by atoms with Gasteiger partial charge in [-0.05, 0) is 18.2 Å². The molecule has 1 aromatic carbocycles. The zero-order valence-corrected chi connectivity index (χ0v) is 14.7. The first-order valence-electron chi connectivity index (χ1n) is 8.71. The van der Waals surface area contributed by atoms with Gasteiger partial charge in [0.1, 0.15) is 5.69 Å². The molecule has 8 heteroatoms. The summed E-state index contributed by atoms with van der Waals surface area (Å²) in [6.45, 7) is 3.44. The lowest BCUT2D eigenvalue weighted by molar-refractivity contribution is 0.0231. The van der Waals surface area contributed by atoms with Crippen LogP contribution >= 0.6 is 0 Å². The molecule has 1 fully saturated rings. The van der Waals surface area contributed by atoms with Crippen LogP contribution in [-0.4, -0.2) is 51.8 Å². The van der Waals surface area contributed by atoms with E-state index in [-0.39, 0.29) is 17.3 Å². The predicted molar refractivity (Wildman–Crippen MR) is 99.1 cm³/mol. The average molecular weight is 365 g/mol. The Labute approximate surface area is 155 Å². The fraction of sp³-hybridized carbons (Fsp3) is 0.263. The Hall–Kier alpha value is -3.10. The highest BCUT2D eigenvalue weighted by Crippen LogP contribution is 2.39. The number of ether oxygens (including phenoxy) is 1. The molecule has 0 spiro atoms. The van der Waals surface area contributed by atoms with Crippen molar-refractivity contribution in [3.05, 3.63) is 54.4 Å². The van der Waals surface area contributed by atoms with Gasteiger partial charge < -0.3 is 9.84 Å². The molecule has 0 bridgehead atoms. The van der Waals surface area contributed by atoms with Crippen molar-refractivity contribution in [2.45, 2.75) is 6.67 Å². The molecule has 0 saturated carbocycles. The third-order valence-corrected chi connectivity index (χ3v) is 4.49. The summed E-state index contributed by atoms with van der Waals surface area (Å²) in [4.78, 5) is 18.3. The summed E-state index contributed by atoms with van der Waals surface area (Å²) in [5.74, 6) is -0.569. The van der Waals surface area contributed by atoms with Crippen LogP contribution in [0.25, 0.3) is 10.9 Å². The standard InChI is InChI=1S/C19H19N5O3/c25-18(15-6-3-4-8-20-15)22-21-17-14-5-1-2-7-16(14)24(19(17)26)13-23-9-11-27-12-10-23/h1-8,26H,9-13H2. The number of aromatic hydroxyl groups is 1. The number of nitrogens with zero attached hydrogens (tertiary/aromatic N) is 5. The quantitative estimate of drug-likeness (QED) is 0.718. The van der Waals surface area contributed by atoms with Gasteiger partial charge in [0.15, 0.2) is 5.69 Å². The second-order valence-electron chi connectivity index (χ2n) is 6.21. The van der Waals surface area contributed by atoms with Gasteiger partial charge in [-0.2, -0.15) is 0 Å². The molecule has 1 saturated heterocycles. The van der Waals surface area contributed by atoms with Crippen LogP contribution in [-0.2, 0) is 11.4 Å². The van der Waals surface area contributed by atoms with Gasteiger partial charge in [-0.3, -0.25) is 19.2 Å². The molecule has 8 nitrogen and oxygen atoms in total. The van der Waals surface area contributed by atoms with Crippen molar-refractivity contribution >= 4 is 22.5 Å². The molecule has 0 aliphatic carbocycles. The summed E-state index contributed by atoms with van der Waals surface area (Å²) < 4.78 is 7.15. The largest absolute Gasteiger partial charge is 0.493 e. The SMILES string of the molecule is O=C(N=Nc1c(O)n(CN2CCOCC2)c2ccccc12)c1ccccn1. The molecule has 2 aromatic heterocycles. The Bertz CT molecular complexity index is 978. The zero-order valence-electron chi connectivity index (χ0n) is 14.7. The minimum absolute atomic E-state index is 0.0136. The van der Waals surface area contributed by atoms with E-state index in [1.54, 1.807) is 22.8 Å². The number of rotatable bonds is 4. The summed E-state index contributed by atoms with van der Waals surface area (Å²) in [6, 6.07) is 12.5. The van der Waals surface area contributed by atoms with E-state index in [0.717, 1.165) is 24.0 Å². The monoisotopic (exact) mass is 365 g/mol. The zero-order chi connectivity index (χ0) is 18.6. The molecule has 0 atom stereocenters. The van der Waals surface area contributed by atoms with E-state index in [1.165, 1.54) is 6.20 Å². The summed E-state index contributed by atoms with van der Waals surface area (Å²) >= 11 is 0. The summed E-state index contributed by atoms with van der Waals surface area (Å²) in [6.07, 6.45) is 1.52. The highest BCUT2D eigenvalue weighted by atomic mass is 16.5. The van der Waals surface area contributed by atoms with E-state index in [2.05, 4.69) is 20.1 Å². The van der Waals surface area contributed by atoms with E-state index < -0.39 is 5.91 Å². The first-order chi connectivity index (χ1) is 13.2. The first-order valence-corrected chi connectivity index (χ1v) is 8.71. The number of hydrogen-bond donors (Lipinski definition) is 1. The van der Waals surface area contributed by atoms with Gasteiger partial charge in [0.05, 0.1) is 25.4 Å². The minimum Gasteiger partial charge on any atom is -0.493 e. The molecule has 1 N–H and O–H groups in total. The summed E-state index contributed by atoms with van der Waals surface area (Å²) in [5.41, 5.74) is 1.32. The maximum absolute atomic E-state index is 12.2. The fourth-order valence-corrected chi connectivity index (χ4v) is 3.09. The first kappa shape index (κ1) is 17.3. The average Bonchev–Trinajstić information content (AvgIpc) is 2.99. The van der Waals surface area contributed by atoms with Crippen LogP contribution < -0.4 is 0 Å². The highest BCUT2D eigenvalue weighted by molar-refractivity contribution is 5.96. The van der Waals surface area contributed by atoms with Crippen molar-refractivity contribution in [2.75, 3.05) is 26.3 Å². The van der Waals surface area contributed by atoms with Gasteiger partial charge >= 0.3 is 5.91 Å². The fourth-order valence-electron chi connectivity index (χ4n) is 3.09. The molecule has 1 aliphatic heterocycles. The van der Waals surface area contributed by atoms with E-state index in [9.17, 15) is 9.90 Å². The molecule has 1 aliphatic rings. The predicted octanol–water partition coefficient (Wildman–Crippen LogP) is 2.96. The van der Waals surface area contributed by atoms with Crippen molar-refractivity contribution in [1.29, 1.82) is 0 Å². The Kier molecular flexibility index (Phi) is 4.91. The molecule has 0 unspecified atom stereocenters. The molecule has 4 rings (SSSR count). The minimum atomic E-state index is -0.556. The Morgan fingerprint density at radius 1 is 1.15 bits per heavy atom. The Morgan fingerprint density at radius 2 is 1.93 bits per heavy atom. The lowest BCUT2D eigenvalue weighted by Gasteiger charge is -2.27. The number of carbonyl (C=O) groups is 1. The van der Waals surface area contributed by atoms with E-state index in [1.807, 2.05) is 24.3 Å². The van der Waals surface area contributed by atoms with Crippen molar-refractivity contribution in [3.63, 3.8) is 0 Å². The molecule has 138 valence electrons. The third-order valence-electron chi connectivity index (χ3n) is 4.49. The number of para-hydroxylation sites is 1. The molecule has 0 radical (unpaired) electrons. The summed E-state index contributed by atoms with van der Waals surface area (Å²) in [5, 5.41) is 19.3.